The lowest BCUT2D eigenvalue weighted by molar-refractivity contribution is -0.121. The predicted octanol–water partition coefficient (Wildman–Crippen LogP) is 6.14. The van der Waals surface area contributed by atoms with Gasteiger partial charge in [0.15, 0.2) is 17.2 Å². The van der Waals surface area contributed by atoms with E-state index in [-0.39, 0.29) is 24.6 Å². The highest BCUT2D eigenvalue weighted by molar-refractivity contribution is 5.95. The fourth-order valence-electron chi connectivity index (χ4n) is 3.38. The highest BCUT2D eigenvalue weighted by atomic mass is 16.5. The van der Waals surface area contributed by atoms with Crippen molar-refractivity contribution in [1.82, 2.24) is 10.6 Å². The van der Waals surface area contributed by atoms with Gasteiger partial charge < -0.3 is 30.7 Å². The van der Waals surface area contributed by atoms with E-state index in [1.165, 1.54) is 0 Å². The highest BCUT2D eigenvalue weighted by Gasteiger charge is 2.13. The van der Waals surface area contributed by atoms with Gasteiger partial charge in [0, 0.05) is 25.1 Å². The molecule has 0 spiro atoms. The molecule has 0 aliphatic rings. The predicted molar refractivity (Wildman–Crippen MR) is 165 cm³/mol. The van der Waals surface area contributed by atoms with Gasteiger partial charge >= 0.3 is 0 Å². The number of benzene rings is 1. The number of ether oxygens (including phenoxy) is 1. The van der Waals surface area contributed by atoms with E-state index in [0.717, 1.165) is 50.7 Å². The van der Waals surface area contributed by atoms with Gasteiger partial charge in [-0.3, -0.25) is 9.59 Å². The van der Waals surface area contributed by atoms with Crippen LogP contribution in [0.1, 0.15) is 68.6 Å². The van der Waals surface area contributed by atoms with Crippen LogP contribution in [0, 0.1) is 0 Å². The van der Waals surface area contributed by atoms with Crippen LogP contribution in [0.25, 0.3) is 0 Å². The van der Waals surface area contributed by atoms with Crippen LogP contribution >= 0.6 is 0 Å². The molecule has 41 heavy (non-hydrogen) atoms. The van der Waals surface area contributed by atoms with Crippen LogP contribution in [-0.4, -0.2) is 53.4 Å². The van der Waals surface area contributed by atoms with Crippen LogP contribution in [0.5, 0.6) is 17.2 Å². The Morgan fingerprint density at radius 1 is 0.683 bits per heavy atom. The number of allylic oxidation sites excluding steroid dienone is 12. The van der Waals surface area contributed by atoms with Crippen molar-refractivity contribution >= 4 is 11.8 Å². The number of phenols is 3. The zero-order valence-electron chi connectivity index (χ0n) is 24.1. The summed E-state index contributed by atoms with van der Waals surface area (Å²) >= 11 is 0. The molecule has 8 nitrogen and oxygen atoms in total. The van der Waals surface area contributed by atoms with Gasteiger partial charge in [-0.2, -0.15) is 0 Å². The summed E-state index contributed by atoms with van der Waals surface area (Å²) in [7, 11) is 0. The normalized spacial score (nSPS) is 12.2. The number of rotatable bonds is 21. The van der Waals surface area contributed by atoms with E-state index in [0.29, 0.717) is 26.0 Å². The Labute approximate surface area is 244 Å². The number of carbonyl (C=O) groups is 2. The Bertz CT molecular complexity index is 1050. The molecule has 224 valence electrons. The summed E-state index contributed by atoms with van der Waals surface area (Å²) in [6, 6.07) is 2.11. The van der Waals surface area contributed by atoms with Crippen molar-refractivity contribution in [3.63, 3.8) is 0 Å². The van der Waals surface area contributed by atoms with Gasteiger partial charge in [0.25, 0.3) is 5.91 Å². The zero-order valence-corrected chi connectivity index (χ0v) is 24.1. The molecule has 0 aromatic heterocycles. The first kappa shape index (κ1) is 35.0. The summed E-state index contributed by atoms with van der Waals surface area (Å²) in [5.41, 5.74) is 0.0111. The van der Waals surface area contributed by atoms with Crippen LogP contribution < -0.4 is 10.6 Å². The molecule has 2 amide bonds. The smallest absolute Gasteiger partial charge is 0.251 e. The lowest BCUT2D eigenvalue weighted by Crippen LogP contribution is -2.30. The maximum atomic E-state index is 12.0. The van der Waals surface area contributed by atoms with Gasteiger partial charge in [0.05, 0.1) is 13.2 Å². The Kier molecular flexibility index (Phi) is 20.3. The second-order valence-electron chi connectivity index (χ2n) is 9.04. The van der Waals surface area contributed by atoms with Gasteiger partial charge in [-0.05, 0) is 57.1 Å². The van der Waals surface area contributed by atoms with Gasteiger partial charge in [-0.1, -0.05) is 79.8 Å². The summed E-state index contributed by atoms with van der Waals surface area (Å²) in [6.45, 7) is 3.26. The zero-order chi connectivity index (χ0) is 30.0. The summed E-state index contributed by atoms with van der Waals surface area (Å²) in [5.74, 6) is -2.41. The molecule has 1 aromatic carbocycles. The van der Waals surface area contributed by atoms with Gasteiger partial charge in [0.2, 0.25) is 5.91 Å². The average molecular weight is 567 g/mol. The van der Waals surface area contributed by atoms with Crippen molar-refractivity contribution in [2.75, 3.05) is 26.3 Å². The second-order valence-corrected chi connectivity index (χ2v) is 9.04. The van der Waals surface area contributed by atoms with Gasteiger partial charge in [0.1, 0.15) is 0 Å². The van der Waals surface area contributed by atoms with E-state index in [4.69, 9.17) is 4.74 Å². The first-order valence-corrected chi connectivity index (χ1v) is 14.2. The van der Waals surface area contributed by atoms with Crippen LogP contribution in [0.2, 0.25) is 0 Å². The van der Waals surface area contributed by atoms with E-state index in [1.807, 2.05) is 6.08 Å². The number of hydrogen-bond acceptors (Lipinski definition) is 6. The minimum absolute atomic E-state index is 0.0111. The Hall–Kier alpha value is -4.04. The summed E-state index contributed by atoms with van der Waals surface area (Å²) in [5, 5.41) is 33.6. The molecule has 0 atom stereocenters. The number of nitrogens with one attached hydrogen (secondary N) is 2. The average Bonchev–Trinajstić information content (AvgIpc) is 2.96. The third-order valence-electron chi connectivity index (χ3n) is 5.57. The number of carbonyl (C=O) groups excluding carboxylic acids is 2. The van der Waals surface area contributed by atoms with Crippen molar-refractivity contribution in [2.24, 2.45) is 0 Å². The van der Waals surface area contributed by atoms with Crippen molar-refractivity contribution < 1.29 is 29.6 Å². The Morgan fingerprint density at radius 3 is 1.61 bits per heavy atom. The largest absolute Gasteiger partial charge is 0.504 e. The molecule has 0 aliphatic carbocycles. The third-order valence-corrected chi connectivity index (χ3v) is 5.57. The molecule has 1 aromatic rings. The van der Waals surface area contributed by atoms with E-state index in [2.05, 4.69) is 84.4 Å². The number of amides is 2. The van der Waals surface area contributed by atoms with Crippen LogP contribution in [-0.2, 0) is 9.53 Å². The molecular formula is C33H46N2O6. The number of aromatic hydroxyl groups is 3. The Morgan fingerprint density at radius 2 is 1.12 bits per heavy atom. The Balaban J connectivity index is 1.97. The van der Waals surface area contributed by atoms with E-state index in [9.17, 15) is 24.9 Å². The second kappa shape index (κ2) is 23.8. The van der Waals surface area contributed by atoms with Crippen LogP contribution in [0.4, 0.5) is 0 Å². The van der Waals surface area contributed by atoms with Crippen molar-refractivity contribution in [3.05, 3.63) is 90.6 Å². The van der Waals surface area contributed by atoms with Crippen LogP contribution in [0.15, 0.2) is 85.0 Å². The van der Waals surface area contributed by atoms with Crippen LogP contribution in [0.3, 0.4) is 0 Å². The first-order chi connectivity index (χ1) is 20.0. The monoisotopic (exact) mass is 566 g/mol. The number of phenolic OH excluding ortho intramolecular Hbond substituents is 3. The molecule has 0 heterocycles. The fourth-order valence-corrected chi connectivity index (χ4v) is 3.38. The molecule has 0 saturated carbocycles. The molecule has 0 aliphatic heterocycles. The lowest BCUT2D eigenvalue weighted by atomic mass is 10.1. The topological polar surface area (TPSA) is 128 Å². The first-order valence-electron chi connectivity index (χ1n) is 14.2. The molecule has 1 rings (SSSR count). The molecule has 0 saturated heterocycles. The summed E-state index contributed by atoms with van der Waals surface area (Å²) in [4.78, 5) is 23.9. The molecule has 8 heteroatoms. The lowest BCUT2D eigenvalue weighted by Gasteiger charge is -2.09. The number of hydrogen-bond donors (Lipinski definition) is 5. The van der Waals surface area contributed by atoms with Crippen molar-refractivity contribution in [1.29, 1.82) is 0 Å². The summed E-state index contributed by atoms with van der Waals surface area (Å²) < 4.78 is 5.38. The van der Waals surface area contributed by atoms with E-state index >= 15 is 0 Å². The minimum Gasteiger partial charge on any atom is -0.504 e. The molecule has 0 radical (unpaired) electrons. The molecule has 0 fully saturated rings. The van der Waals surface area contributed by atoms with E-state index in [1.54, 1.807) is 0 Å². The minimum atomic E-state index is -0.677. The quantitative estimate of drug-likeness (QED) is 0.0690. The third kappa shape index (κ3) is 18.8. The standard InChI is InChI=1S/C33H46N2O6/c1-2-3-4-5-6-7-8-9-10-11-12-13-14-15-16-17-18-19-20-21-31(38)34-22-24-41-25-23-35-33(40)28-26-29(36)32(39)30(37)27-28/h3-4,6-7,9-10,12-13,15-16,18-19,26-27,36-37,39H,2,5,8,11,14,17,20-25H2,1H3,(H,34,38)(H,35,40)/b4-3-,7-6-,10-9-,13-12-,16-15-,19-18-. The van der Waals surface area contributed by atoms with Crippen molar-refractivity contribution in [2.45, 2.75) is 58.3 Å². The highest BCUT2D eigenvalue weighted by Crippen LogP contribution is 2.35. The molecule has 0 unspecified atom stereocenters. The SMILES string of the molecule is CC/C=C\C/C=C\C/C=C\C/C=C\C/C=C\C/C=C\CCC(=O)NCCOCCNC(=O)c1cc(O)c(O)c(O)c1. The van der Waals surface area contributed by atoms with E-state index < -0.39 is 23.2 Å². The maximum Gasteiger partial charge on any atom is 0.251 e. The fraction of sp³-hybridized carbons (Fsp3) is 0.394. The summed E-state index contributed by atoms with van der Waals surface area (Å²) in [6.07, 6.45) is 32.6. The van der Waals surface area contributed by atoms with Gasteiger partial charge in [-0.15, -0.1) is 0 Å². The molecular weight excluding hydrogens is 520 g/mol. The van der Waals surface area contributed by atoms with Crippen molar-refractivity contribution in [3.8, 4) is 17.2 Å². The maximum absolute atomic E-state index is 12.0. The molecule has 5 N–H and O–H groups in total. The van der Waals surface area contributed by atoms with Gasteiger partial charge in [-0.25, -0.2) is 0 Å². The molecule has 0 bridgehead atoms.